The van der Waals surface area contributed by atoms with E-state index in [0.29, 0.717) is 13.2 Å². The Labute approximate surface area is 135 Å². The van der Waals surface area contributed by atoms with Gasteiger partial charge in [-0.15, -0.1) is 0 Å². The van der Waals surface area contributed by atoms with Crippen LogP contribution in [0.4, 0.5) is 10.5 Å². The molecule has 2 aromatic carbocycles. The van der Waals surface area contributed by atoms with Crippen molar-refractivity contribution in [3.05, 3.63) is 54.1 Å². The van der Waals surface area contributed by atoms with E-state index in [9.17, 15) is 4.79 Å². The van der Waals surface area contributed by atoms with Gasteiger partial charge in [-0.2, -0.15) is 0 Å². The lowest BCUT2D eigenvalue weighted by molar-refractivity contribution is 0.222. The summed E-state index contributed by atoms with van der Waals surface area (Å²) in [6.45, 7) is 3.04. The van der Waals surface area contributed by atoms with Crippen molar-refractivity contribution >= 4 is 11.7 Å². The minimum absolute atomic E-state index is 0.0346. The van der Waals surface area contributed by atoms with Gasteiger partial charge in [-0.05, 0) is 49.2 Å². The summed E-state index contributed by atoms with van der Waals surface area (Å²) in [5.41, 5.74) is 1.84. The Hall–Kier alpha value is -2.69. The second-order valence-corrected chi connectivity index (χ2v) is 5.38. The van der Waals surface area contributed by atoms with E-state index in [1.54, 1.807) is 0 Å². The Morgan fingerprint density at radius 2 is 2.00 bits per heavy atom. The Kier molecular flexibility index (Phi) is 4.66. The number of ether oxygens (including phenoxy) is 2. The summed E-state index contributed by atoms with van der Waals surface area (Å²) in [6, 6.07) is 14.9. The summed E-state index contributed by atoms with van der Waals surface area (Å²) < 4.78 is 11.0. The highest BCUT2D eigenvalue weighted by Crippen LogP contribution is 2.24. The van der Waals surface area contributed by atoms with Gasteiger partial charge in [0, 0.05) is 5.69 Å². The van der Waals surface area contributed by atoms with Crippen molar-refractivity contribution in [2.24, 2.45) is 0 Å². The highest BCUT2D eigenvalue weighted by Gasteiger charge is 2.20. The fourth-order valence-corrected chi connectivity index (χ4v) is 2.57. The molecule has 2 aromatic rings. The Bertz CT molecular complexity index is 670. The van der Waals surface area contributed by atoms with E-state index in [1.807, 2.05) is 55.5 Å². The minimum atomic E-state index is -0.234. The first-order chi connectivity index (χ1) is 11.2. The monoisotopic (exact) mass is 312 g/mol. The molecule has 2 amide bonds. The average Bonchev–Trinajstić information content (AvgIpc) is 2.57. The molecule has 1 atom stereocenters. The second-order valence-electron chi connectivity index (χ2n) is 5.38. The van der Waals surface area contributed by atoms with Gasteiger partial charge in [0.2, 0.25) is 0 Å². The van der Waals surface area contributed by atoms with Crippen LogP contribution < -0.4 is 20.1 Å². The average molecular weight is 312 g/mol. The lowest BCUT2D eigenvalue weighted by atomic mass is 10.0. The molecule has 0 spiro atoms. The van der Waals surface area contributed by atoms with Gasteiger partial charge in [0.05, 0.1) is 12.6 Å². The van der Waals surface area contributed by atoms with Crippen LogP contribution in [0.2, 0.25) is 0 Å². The minimum Gasteiger partial charge on any atom is -0.494 e. The van der Waals surface area contributed by atoms with Crippen molar-refractivity contribution in [1.29, 1.82) is 0 Å². The summed E-state index contributed by atoms with van der Waals surface area (Å²) in [5, 5.41) is 5.76. The summed E-state index contributed by atoms with van der Waals surface area (Å²) in [6.07, 6.45) is 0.771. The number of amides is 2. The molecule has 1 aliphatic rings. The molecule has 2 N–H and O–H groups in total. The third kappa shape index (κ3) is 3.94. The van der Waals surface area contributed by atoms with Gasteiger partial charge < -0.3 is 20.1 Å². The highest BCUT2D eigenvalue weighted by atomic mass is 16.5. The van der Waals surface area contributed by atoms with Gasteiger partial charge >= 0.3 is 6.03 Å². The molecule has 5 heteroatoms. The largest absolute Gasteiger partial charge is 0.494 e. The normalized spacial score (nSPS) is 16.0. The maximum absolute atomic E-state index is 12.1. The predicted molar refractivity (Wildman–Crippen MR) is 89.2 cm³/mol. The van der Waals surface area contributed by atoms with E-state index in [1.165, 1.54) is 0 Å². The topological polar surface area (TPSA) is 59.6 Å². The van der Waals surface area contributed by atoms with Crippen molar-refractivity contribution < 1.29 is 14.3 Å². The molecule has 5 nitrogen and oxygen atoms in total. The lowest BCUT2D eigenvalue weighted by Crippen LogP contribution is -2.44. The summed E-state index contributed by atoms with van der Waals surface area (Å²) in [4.78, 5) is 12.1. The highest BCUT2D eigenvalue weighted by molar-refractivity contribution is 5.89. The summed E-state index contributed by atoms with van der Waals surface area (Å²) >= 11 is 0. The van der Waals surface area contributed by atoms with Crippen molar-refractivity contribution in [3.63, 3.8) is 0 Å². The standard InChI is InChI=1S/C18H20N2O3/c1-2-22-16-9-7-14(8-10-16)19-18(21)20-15-11-13-5-3-4-6-17(13)23-12-15/h3-10,15H,2,11-12H2,1H3,(H2,19,20,21)/t15-/m0/s1. The molecule has 1 aliphatic heterocycles. The molecule has 3 rings (SSSR count). The van der Waals surface area contributed by atoms with Gasteiger partial charge in [0.25, 0.3) is 0 Å². The van der Waals surface area contributed by atoms with Crippen LogP contribution in [0.25, 0.3) is 0 Å². The zero-order valence-corrected chi connectivity index (χ0v) is 13.0. The van der Waals surface area contributed by atoms with Crippen molar-refractivity contribution in [2.45, 2.75) is 19.4 Å². The maximum atomic E-state index is 12.1. The first-order valence-electron chi connectivity index (χ1n) is 7.75. The molecular formula is C18H20N2O3. The smallest absolute Gasteiger partial charge is 0.319 e. The van der Waals surface area contributed by atoms with E-state index in [2.05, 4.69) is 10.6 Å². The first kappa shape index (κ1) is 15.2. The number of hydrogen-bond donors (Lipinski definition) is 2. The van der Waals surface area contributed by atoms with Crippen molar-refractivity contribution in [2.75, 3.05) is 18.5 Å². The van der Waals surface area contributed by atoms with Gasteiger partial charge in [-0.3, -0.25) is 0 Å². The Morgan fingerprint density at radius 3 is 2.78 bits per heavy atom. The molecule has 120 valence electrons. The first-order valence-corrected chi connectivity index (χ1v) is 7.75. The van der Waals surface area contributed by atoms with Crippen LogP contribution in [-0.2, 0) is 6.42 Å². The number of benzene rings is 2. The molecule has 0 unspecified atom stereocenters. The van der Waals surface area contributed by atoms with E-state index in [-0.39, 0.29) is 12.1 Å². The maximum Gasteiger partial charge on any atom is 0.319 e. The van der Waals surface area contributed by atoms with Crippen LogP contribution in [0.1, 0.15) is 12.5 Å². The van der Waals surface area contributed by atoms with E-state index in [0.717, 1.165) is 29.2 Å². The number of fused-ring (bicyclic) bond motifs is 1. The fraction of sp³-hybridized carbons (Fsp3) is 0.278. The number of carbonyl (C=O) groups excluding carboxylic acids is 1. The molecule has 0 aliphatic carbocycles. The van der Waals surface area contributed by atoms with Crippen molar-refractivity contribution in [3.8, 4) is 11.5 Å². The van der Waals surface area contributed by atoms with Crippen LogP contribution in [-0.4, -0.2) is 25.3 Å². The quantitative estimate of drug-likeness (QED) is 0.911. The molecule has 1 heterocycles. The molecular weight excluding hydrogens is 292 g/mol. The summed E-state index contributed by atoms with van der Waals surface area (Å²) in [5.74, 6) is 1.69. The van der Waals surface area contributed by atoms with Crippen LogP contribution in [0.15, 0.2) is 48.5 Å². The van der Waals surface area contributed by atoms with Gasteiger partial charge in [0.1, 0.15) is 18.1 Å². The number of para-hydroxylation sites is 1. The zero-order chi connectivity index (χ0) is 16.1. The van der Waals surface area contributed by atoms with Crippen LogP contribution in [0.3, 0.4) is 0 Å². The molecule has 0 saturated carbocycles. The van der Waals surface area contributed by atoms with Gasteiger partial charge in [0.15, 0.2) is 0 Å². The van der Waals surface area contributed by atoms with E-state index >= 15 is 0 Å². The fourth-order valence-electron chi connectivity index (χ4n) is 2.57. The number of anilines is 1. The third-order valence-corrected chi connectivity index (χ3v) is 3.64. The predicted octanol–water partition coefficient (Wildman–Crippen LogP) is 3.21. The van der Waals surface area contributed by atoms with E-state index < -0.39 is 0 Å². The third-order valence-electron chi connectivity index (χ3n) is 3.64. The number of carbonyl (C=O) groups is 1. The number of rotatable bonds is 4. The second kappa shape index (κ2) is 7.05. The molecule has 0 saturated heterocycles. The molecule has 0 radical (unpaired) electrons. The lowest BCUT2D eigenvalue weighted by Gasteiger charge is -2.26. The van der Waals surface area contributed by atoms with Crippen LogP contribution in [0.5, 0.6) is 11.5 Å². The van der Waals surface area contributed by atoms with Crippen molar-refractivity contribution in [1.82, 2.24) is 5.32 Å². The molecule has 0 aromatic heterocycles. The number of urea groups is 1. The zero-order valence-electron chi connectivity index (χ0n) is 13.0. The molecule has 23 heavy (non-hydrogen) atoms. The summed E-state index contributed by atoms with van der Waals surface area (Å²) in [7, 11) is 0. The van der Waals surface area contributed by atoms with Crippen LogP contribution in [0, 0.1) is 0 Å². The Balaban J connectivity index is 1.54. The SMILES string of the molecule is CCOc1ccc(NC(=O)N[C@@H]2COc3ccccc3C2)cc1. The van der Waals surface area contributed by atoms with Gasteiger partial charge in [-0.1, -0.05) is 18.2 Å². The molecule has 0 bridgehead atoms. The van der Waals surface area contributed by atoms with E-state index in [4.69, 9.17) is 9.47 Å². The molecule has 0 fully saturated rings. The Morgan fingerprint density at radius 1 is 1.22 bits per heavy atom. The van der Waals surface area contributed by atoms with Gasteiger partial charge in [-0.25, -0.2) is 4.79 Å². The van der Waals surface area contributed by atoms with Crippen LogP contribution >= 0.6 is 0 Å². The number of hydrogen-bond acceptors (Lipinski definition) is 3. The number of nitrogens with one attached hydrogen (secondary N) is 2.